The topological polar surface area (TPSA) is 92.7 Å². The predicted octanol–water partition coefficient (Wildman–Crippen LogP) is 0.788. The average molecular weight is 301 g/mol. The number of hydrogen-bond donors (Lipinski definition) is 2. The third kappa shape index (κ3) is 3.61. The van der Waals surface area contributed by atoms with E-state index < -0.39 is 26.9 Å². The minimum atomic E-state index is -5.82. The van der Waals surface area contributed by atoms with Crippen molar-refractivity contribution in [1.29, 1.82) is 0 Å². The van der Waals surface area contributed by atoms with Crippen LogP contribution >= 0.6 is 0 Å². The molecule has 0 radical (unpaired) electrons. The van der Waals surface area contributed by atoms with E-state index in [9.17, 15) is 22.0 Å². The molecule has 1 fully saturated rings. The molecule has 1 aliphatic rings. The number of nitrogens with one attached hydrogen (secondary N) is 1. The van der Waals surface area contributed by atoms with E-state index in [4.69, 9.17) is 4.55 Å². The number of alkyl halides is 2. The van der Waals surface area contributed by atoms with Gasteiger partial charge in [-0.2, -0.15) is 17.2 Å². The van der Waals surface area contributed by atoms with Crippen molar-refractivity contribution < 1.29 is 31.3 Å². The zero-order valence-electron chi connectivity index (χ0n) is 10.7. The van der Waals surface area contributed by atoms with Gasteiger partial charge in [-0.1, -0.05) is 0 Å². The maximum absolute atomic E-state index is 13.1. The van der Waals surface area contributed by atoms with Crippen LogP contribution in [0.15, 0.2) is 0 Å². The van der Waals surface area contributed by atoms with Crippen LogP contribution in [0.4, 0.5) is 8.78 Å². The van der Waals surface area contributed by atoms with Crippen LogP contribution in [0.3, 0.4) is 0 Å². The zero-order valence-corrected chi connectivity index (χ0v) is 11.5. The highest BCUT2D eigenvalue weighted by atomic mass is 32.2. The number of halogens is 2. The van der Waals surface area contributed by atoms with Gasteiger partial charge in [-0.15, -0.1) is 0 Å². The van der Waals surface area contributed by atoms with Crippen LogP contribution in [0, 0.1) is 5.92 Å². The van der Waals surface area contributed by atoms with Crippen LogP contribution in [-0.2, 0) is 19.6 Å². The van der Waals surface area contributed by atoms with Crippen molar-refractivity contribution in [2.75, 3.05) is 13.1 Å². The SMILES string of the molecule is CC(C)(OC(=O)C(F)(F)S(=O)(=O)O)C1CCNCC1. The van der Waals surface area contributed by atoms with Crippen molar-refractivity contribution in [3.05, 3.63) is 0 Å². The maximum Gasteiger partial charge on any atom is 0.465 e. The maximum atomic E-state index is 13.1. The second-order valence-corrected chi connectivity index (χ2v) is 6.47. The normalized spacial score (nSPS) is 19.2. The summed E-state index contributed by atoms with van der Waals surface area (Å²) < 4.78 is 60.0. The molecular formula is C10H17F2NO5S. The molecule has 1 saturated heterocycles. The van der Waals surface area contributed by atoms with E-state index in [0.717, 1.165) is 0 Å². The van der Waals surface area contributed by atoms with Gasteiger partial charge in [-0.25, -0.2) is 4.79 Å². The number of carbonyl (C=O) groups excluding carboxylic acids is 1. The Morgan fingerprint density at radius 1 is 1.32 bits per heavy atom. The molecule has 0 aromatic rings. The van der Waals surface area contributed by atoms with Gasteiger partial charge < -0.3 is 10.1 Å². The highest BCUT2D eigenvalue weighted by Crippen LogP contribution is 2.32. The molecule has 6 nitrogen and oxygen atoms in total. The molecule has 0 aliphatic carbocycles. The second-order valence-electron chi connectivity index (χ2n) is 5.01. The van der Waals surface area contributed by atoms with Crippen LogP contribution in [0.5, 0.6) is 0 Å². The van der Waals surface area contributed by atoms with Crippen LogP contribution in [-0.4, -0.2) is 42.9 Å². The lowest BCUT2D eigenvalue weighted by atomic mass is 9.83. The average Bonchev–Trinajstić information content (AvgIpc) is 2.28. The summed E-state index contributed by atoms with van der Waals surface area (Å²) in [6.07, 6.45) is 1.25. The molecule has 0 aromatic heterocycles. The molecule has 0 unspecified atom stereocenters. The number of piperidine rings is 1. The summed E-state index contributed by atoms with van der Waals surface area (Å²) >= 11 is 0. The number of carbonyl (C=O) groups is 1. The third-order valence-electron chi connectivity index (χ3n) is 3.24. The Balaban J connectivity index is 2.80. The van der Waals surface area contributed by atoms with Gasteiger partial charge in [0.25, 0.3) is 0 Å². The van der Waals surface area contributed by atoms with Gasteiger partial charge in [-0.3, -0.25) is 4.55 Å². The number of rotatable bonds is 4. The second kappa shape index (κ2) is 5.29. The zero-order chi connectivity index (χ0) is 14.9. The van der Waals surface area contributed by atoms with Gasteiger partial charge >= 0.3 is 21.3 Å². The first-order valence-electron chi connectivity index (χ1n) is 5.77. The van der Waals surface area contributed by atoms with E-state index in [0.29, 0.717) is 25.9 Å². The van der Waals surface area contributed by atoms with Gasteiger partial charge in [0.05, 0.1) is 0 Å². The Labute approximate surface area is 110 Å². The molecule has 1 heterocycles. The summed E-state index contributed by atoms with van der Waals surface area (Å²) in [7, 11) is -5.82. The van der Waals surface area contributed by atoms with Gasteiger partial charge in [-0.05, 0) is 39.8 Å². The molecule has 0 atom stereocenters. The van der Waals surface area contributed by atoms with Gasteiger partial charge in [0.1, 0.15) is 5.60 Å². The molecule has 0 amide bonds. The van der Waals surface area contributed by atoms with E-state index >= 15 is 0 Å². The fraction of sp³-hybridized carbons (Fsp3) is 0.900. The molecule has 2 N–H and O–H groups in total. The molecular weight excluding hydrogens is 284 g/mol. The first kappa shape index (κ1) is 16.3. The summed E-state index contributed by atoms with van der Waals surface area (Å²) in [6, 6.07) is 0. The van der Waals surface area contributed by atoms with Gasteiger partial charge in [0, 0.05) is 5.92 Å². The van der Waals surface area contributed by atoms with Crippen molar-refractivity contribution in [3.8, 4) is 0 Å². The molecule has 1 aliphatic heterocycles. The van der Waals surface area contributed by atoms with Crippen LogP contribution in [0.1, 0.15) is 26.7 Å². The third-order valence-corrected chi connectivity index (χ3v) is 4.05. The van der Waals surface area contributed by atoms with Crippen molar-refractivity contribution in [2.45, 2.75) is 37.5 Å². The lowest BCUT2D eigenvalue weighted by molar-refractivity contribution is -0.180. The summed E-state index contributed by atoms with van der Waals surface area (Å²) in [5.41, 5.74) is -1.23. The quantitative estimate of drug-likeness (QED) is 0.589. The van der Waals surface area contributed by atoms with Crippen LogP contribution in [0.25, 0.3) is 0 Å². The van der Waals surface area contributed by atoms with Crippen molar-refractivity contribution in [2.24, 2.45) is 5.92 Å². The minimum absolute atomic E-state index is 0.158. The minimum Gasteiger partial charge on any atom is -0.454 e. The number of esters is 1. The fourth-order valence-corrected chi connectivity index (χ4v) is 2.26. The number of ether oxygens (including phenoxy) is 1. The molecule has 9 heteroatoms. The lowest BCUT2D eigenvalue weighted by Crippen LogP contribution is -2.48. The molecule has 0 bridgehead atoms. The molecule has 0 spiro atoms. The molecule has 0 aromatic carbocycles. The van der Waals surface area contributed by atoms with E-state index in [1.807, 2.05) is 0 Å². The Morgan fingerprint density at radius 3 is 2.21 bits per heavy atom. The smallest absolute Gasteiger partial charge is 0.454 e. The van der Waals surface area contributed by atoms with Gasteiger partial charge in [0.2, 0.25) is 0 Å². The number of hydrogen-bond acceptors (Lipinski definition) is 5. The Kier molecular flexibility index (Phi) is 4.53. The first-order chi connectivity index (χ1) is 8.48. The largest absolute Gasteiger partial charge is 0.465 e. The Hall–Kier alpha value is -0.800. The molecule has 0 saturated carbocycles. The summed E-state index contributed by atoms with van der Waals surface area (Å²) in [4.78, 5) is 11.2. The standard InChI is InChI=1S/C10H17F2NO5S/c1-9(2,7-3-5-13-6-4-7)18-8(14)10(11,12)19(15,16)17/h7,13H,3-6H2,1-2H3,(H,15,16,17). The van der Waals surface area contributed by atoms with Crippen molar-refractivity contribution >= 4 is 16.1 Å². The van der Waals surface area contributed by atoms with E-state index in [-0.39, 0.29) is 5.92 Å². The summed E-state index contributed by atoms with van der Waals surface area (Å²) in [5.74, 6) is -2.41. The molecule has 19 heavy (non-hydrogen) atoms. The van der Waals surface area contributed by atoms with Gasteiger partial charge in [0.15, 0.2) is 0 Å². The molecule has 112 valence electrons. The monoisotopic (exact) mass is 301 g/mol. The van der Waals surface area contributed by atoms with Crippen LogP contribution in [0.2, 0.25) is 0 Å². The van der Waals surface area contributed by atoms with Crippen LogP contribution < -0.4 is 5.32 Å². The van der Waals surface area contributed by atoms with Crippen molar-refractivity contribution in [3.63, 3.8) is 0 Å². The highest BCUT2D eigenvalue weighted by molar-refractivity contribution is 7.87. The lowest BCUT2D eigenvalue weighted by Gasteiger charge is -2.37. The van der Waals surface area contributed by atoms with E-state index in [1.54, 1.807) is 0 Å². The highest BCUT2D eigenvalue weighted by Gasteiger charge is 2.56. The summed E-state index contributed by atoms with van der Waals surface area (Å²) in [5, 5.41) is -1.88. The predicted molar refractivity (Wildman–Crippen MR) is 62.3 cm³/mol. The van der Waals surface area contributed by atoms with E-state index in [1.165, 1.54) is 13.8 Å². The first-order valence-corrected chi connectivity index (χ1v) is 7.21. The summed E-state index contributed by atoms with van der Waals surface area (Å²) in [6.45, 7) is 4.22. The van der Waals surface area contributed by atoms with Crippen molar-refractivity contribution in [1.82, 2.24) is 5.32 Å². The molecule has 1 rings (SSSR count). The fourth-order valence-electron chi connectivity index (χ4n) is 2.00. The Morgan fingerprint density at radius 2 is 1.79 bits per heavy atom. The van der Waals surface area contributed by atoms with E-state index in [2.05, 4.69) is 10.1 Å². The Bertz CT molecular complexity index is 443.